The zero-order valence-corrected chi connectivity index (χ0v) is 20.2. The van der Waals surface area contributed by atoms with Crippen LogP contribution in [0.3, 0.4) is 0 Å². The fraction of sp³-hybridized carbons (Fsp3) is 0.250. The summed E-state index contributed by atoms with van der Waals surface area (Å²) in [5.74, 6) is 1.71. The summed E-state index contributed by atoms with van der Waals surface area (Å²) in [5, 5.41) is 3.48. The highest BCUT2D eigenvalue weighted by molar-refractivity contribution is 5.94. The van der Waals surface area contributed by atoms with Crippen molar-refractivity contribution in [1.82, 2.24) is 14.9 Å². The Balaban J connectivity index is 1.46. The maximum atomic E-state index is 13.0. The number of nitrogens with zero attached hydrogens (tertiary/aromatic N) is 2. The van der Waals surface area contributed by atoms with Gasteiger partial charge in [-0.05, 0) is 67.4 Å². The summed E-state index contributed by atoms with van der Waals surface area (Å²) >= 11 is 0. The Morgan fingerprint density at radius 3 is 2.54 bits per heavy atom. The van der Waals surface area contributed by atoms with E-state index in [4.69, 9.17) is 9.47 Å². The van der Waals surface area contributed by atoms with Gasteiger partial charge in [0.15, 0.2) is 11.5 Å². The second kappa shape index (κ2) is 10.9. The number of rotatable bonds is 9. The van der Waals surface area contributed by atoms with Crippen molar-refractivity contribution in [1.29, 1.82) is 0 Å². The normalized spacial score (nSPS) is 10.8. The topological polar surface area (TPSA) is 82.5 Å². The molecule has 0 unspecified atom stereocenters. The second-order valence-electron chi connectivity index (χ2n) is 8.23. The first kappa shape index (κ1) is 24.0. The van der Waals surface area contributed by atoms with E-state index in [9.17, 15) is 9.59 Å². The van der Waals surface area contributed by atoms with E-state index in [1.54, 1.807) is 48.9 Å². The van der Waals surface area contributed by atoms with E-state index in [0.717, 1.165) is 18.4 Å². The van der Waals surface area contributed by atoms with E-state index < -0.39 is 0 Å². The number of para-hydroxylation sites is 1. The molecule has 0 radical (unpaired) electrons. The van der Waals surface area contributed by atoms with Crippen LogP contribution in [-0.4, -0.2) is 29.2 Å². The van der Waals surface area contributed by atoms with E-state index in [0.29, 0.717) is 52.6 Å². The Morgan fingerprint density at radius 1 is 1.03 bits per heavy atom. The largest absolute Gasteiger partial charge is 0.493 e. The zero-order chi connectivity index (χ0) is 24.8. The van der Waals surface area contributed by atoms with Crippen LogP contribution in [0.25, 0.3) is 16.6 Å². The lowest BCUT2D eigenvalue weighted by Gasteiger charge is -2.13. The molecule has 180 valence electrons. The molecule has 4 aromatic rings. The van der Waals surface area contributed by atoms with Crippen molar-refractivity contribution in [2.24, 2.45) is 0 Å². The van der Waals surface area contributed by atoms with Crippen LogP contribution in [0, 0.1) is 6.92 Å². The number of carbonyl (C=O) groups is 1. The highest BCUT2D eigenvalue weighted by Gasteiger charge is 2.12. The number of ether oxygens (including phenoxy) is 2. The lowest BCUT2D eigenvalue weighted by Crippen LogP contribution is -2.24. The van der Waals surface area contributed by atoms with Gasteiger partial charge in [0.05, 0.1) is 30.3 Å². The molecule has 0 saturated carbocycles. The van der Waals surface area contributed by atoms with E-state index in [1.807, 2.05) is 36.4 Å². The van der Waals surface area contributed by atoms with E-state index in [2.05, 4.69) is 17.2 Å². The number of fused-ring (bicyclic) bond motifs is 1. The third kappa shape index (κ3) is 5.35. The predicted molar refractivity (Wildman–Crippen MR) is 137 cm³/mol. The molecule has 1 aromatic heterocycles. The van der Waals surface area contributed by atoms with Crippen LogP contribution in [0.5, 0.6) is 11.5 Å². The van der Waals surface area contributed by atoms with Gasteiger partial charge in [0.1, 0.15) is 5.82 Å². The Morgan fingerprint density at radius 2 is 1.80 bits per heavy atom. The predicted octanol–water partition coefficient (Wildman–Crippen LogP) is 4.81. The molecule has 0 aliphatic heterocycles. The molecule has 3 aromatic carbocycles. The fourth-order valence-corrected chi connectivity index (χ4v) is 3.86. The third-order valence-corrected chi connectivity index (χ3v) is 5.77. The first-order valence-corrected chi connectivity index (χ1v) is 11.7. The van der Waals surface area contributed by atoms with Crippen LogP contribution in [0.2, 0.25) is 0 Å². The molecule has 0 aliphatic rings. The number of nitrogens with one attached hydrogen (secondary N) is 1. The van der Waals surface area contributed by atoms with Crippen molar-refractivity contribution in [3.8, 4) is 17.2 Å². The second-order valence-corrected chi connectivity index (χ2v) is 8.23. The molecule has 0 saturated heterocycles. The van der Waals surface area contributed by atoms with Gasteiger partial charge in [-0.3, -0.25) is 14.2 Å². The minimum absolute atomic E-state index is 0.138. The summed E-state index contributed by atoms with van der Waals surface area (Å²) in [4.78, 5) is 30.3. The zero-order valence-electron chi connectivity index (χ0n) is 20.2. The van der Waals surface area contributed by atoms with E-state index >= 15 is 0 Å². The third-order valence-electron chi connectivity index (χ3n) is 5.77. The molecule has 1 N–H and O–H groups in total. The highest BCUT2D eigenvalue weighted by atomic mass is 16.5. The smallest absolute Gasteiger partial charge is 0.265 e. The lowest BCUT2D eigenvalue weighted by atomic mass is 10.1. The van der Waals surface area contributed by atoms with Crippen molar-refractivity contribution >= 4 is 16.8 Å². The minimum Gasteiger partial charge on any atom is -0.493 e. The van der Waals surface area contributed by atoms with E-state index in [1.165, 1.54) is 0 Å². The molecule has 0 bridgehead atoms. The van der Waals surface area contributed by atoms with Gasteiger partial charge in [0.25, 0.3) is 11.5 Å². The van der Waals surface area contributed by atoms with E-state index in [-0.39, 0.29) is 11.5 Å². The number of unbranched alkanes of at least 4 members (excludes halogenated alkanes) is 1. The van der Waals surface area contributed by atoms with Crippen molar-refractivity contribution in [3.05, 3.63) is 94.0 Å². The minimum atomic E-state index is -0.209. The number of benzene rings is 3. The monoisotopic (exact) mass is 471 g/mol. The van der Waals surface area contributed by atoms with Crippen LogP contribution in [0.4, 0.5) is 0 Å². The molecule has 1 heterocycles. The molecule has 7 heteroatoms. The van der Waals surface area contributed by atoms with Gasteiger partial charge in [0, 0.05) is 12.1 Å². The van der Waals surface area contributed by atoms with Gasteiger partial charge in [0.2, 0.25) is 0 Å². The Labute approximate surface area is 204 Å². The van der Waals surface area contributed by atoms with Gasteiger partial charge in [-0.15, -0.1) is 0 Å². The molecule has 1 amide bonds. The molecule has 7 nitrogen and oxygen atoms in total. The fourth-order valence-electron chi connectivity index (χ4n) is 3.86. The number of aryl methyl sites for hydroxylation is 1. The summed E-state index contributed by atoms with van der Waals surface area (Å²) in [5.41, 5.74) is 2.59. The summed E-state index contributed by atoms with van der Waals surface area (Å²) in [6.07, 6.45) is 2.04. The highest BCUT2D eigenvalue weighted by Crippen LogP contribution is 2.28. The van der Waals surface area contributed by atoms with Gasteiger partial charge in [-0.2, -0.15) is 0 Å². The average molecular weight is 472 g/mol. The molecular formula is C28H29N3O4. The average Bonchev–Trinajstić information content (AvgIpc) is 2.88. The van der Waals surface area contributed by atoms with Crippen molar-refractivity contribution in [2.45, 2.75) is 33.2 Å². The van der Waals surface area contributed by atoms with Gasteiger partial charge in [-0.1, -0.05) is 31.5 Å². The van der Waals surface area contributed by atoms with Crippen LogP contribution in [-0.2, 0) is 6.54 Å². The number of methoxy groups -OCH3 is 1. The molecule has 0 aliphatic carbocycles. The maximum Gasteiger partial charge on any atom is 0.265 e. The summed E-state index contributed by atoms with van der Waals surface area (Å²) in [6, 6.07) is 19.8. The van der Waals surface area contributed by atoms with Crippen LogP contribution in [0.15, 0.2) is 71.5 Å². The Hall–Kier alpha value is -4.13. The summed E-state index contributed by atoms with van der Waals surface area (Å²) in [6.45, 7) is 4.89. The standard InChI is InChI=1S/C28H29N3O4/c1-4-5-16-35-25-15-10-20(17-26(25)34-3)18-29-27(32)21-11-13-22(14-12-21)31-19(2)30-24-9-7-6-8-23(24)28(31)33/h6-15,17H,4-5,16,18H2,1-3H3,(H,29,32). The molecule has 0 fully saturated rings. The number of hydrogen-bond donors (Lipinski definition) is 1. The molecule has 0 atom stereocenters. The molecule has 4 rings (SSSR count). The van der Waals surface area contributed by atoms with Crippen molar-refractivity contribution in [2.75, 3.05) is 13.7 Å². The number of amides is 1. The van der Waals surface area contributed by atoms with Crippen molar-refractivity contribution < 1.29 is 14.3 Å². The lowest BCUT2D eigenvalue weighted by molar-refractivity contribution is 0.0951. The first-order chi connectivity index (χ1) is 17.0. The summed E-state index contributed by atoms with van der Waals surface area (Å²) in [7, 11) is 1.60. The van der Waals surface area contributed by atoms with Gasteiger partial charge in [-0.25, -0.2) is 4.98 Å². The first-order valence-electron chi connectivity index (χ1n) is 11.7. The number of carbonyl (C=O) groups excluding carboxylic acids is 1. The Bertz CT molecular complexity index is 1390. The van der Waals surface area contributed by atoms with Crippen molar-refractivity contribution in [3.63, 3.8) is 0 Å². The molecule has 0 spiro atoms. The van der Waals surface area contributed by atoms with Gasteiger partial charge >= 0.3 is 0 Å². The van der Waals surface area contributed by atoms with Crippen LogP contribution >= 0.6 is 0 Å². The molecule has 35 heavy (non-hydrogen) atoms. The van der Waals surface area contributed by atoms with Gasteiger partial charge < -0.3 is 14.8 Å². The number of hydrogen-bond acceptors (Lipinski definition) is 5. The van der Waals surface area contributed by atoms with Crippen LogP contribution in [0.1, 0.15) is 41.5 Å². The van der Waals surface area contributed by atoms with Crippen LogP contribution < -0.4 is 20.3 Å². The Kier molecular flexibility index (Phi) is 7.45. The maximum absolute atomic E-state index is 13.0. The SMILES string of the molecule is CCCCOc1ccc(CNC(=O)c2ccc(-n3c(C)nc4ccccc4c3=O)cc2)cc1OC. The molecular weight excluding hydrogens is 442 g/mol. The quantitative estimate of drug-likeness (QED) is 0.354. The number of aromatic nitrogens is 2. The summed E-state index contributed by atoms with van der Waals surface area (Å²) < 4.78 is 12.8.